The van der Waals surface area contributed by atoms with Crippen LogP contribution in [-0.2, 0) is 11.8 Å². The molecule has 23 heavy (non-hydrogen) atoms. The second kappa shape index (κ2) is 6.19. The molecular weight excluding hydrogens is 288 g/mol. The zero-order valence-electron chi connectivity index (χ0n) is 14.1. The van der Waals surface area contributed by atoms with E-state index in [1.807, 2.05) is 42.8 Å². The quantitative estimate of drug-likeness (QED) is 0.698. The second-order valence-corrected chi connectivity index (χ2v) is 6.71. The number of rotatable bonds is 3. The smallest absolute Gasteiger partial charge is 0.292 e. The Bertz CT molecular complexity index is 760. The lowest BCUT2D eigenvalue weighted by molar-refractivity contribution is -0.118. The molecule has 0 radical (unpaired) electrons. The lowest BCUT2D eigenvalue weighted by Crippen LogP contribution is -2.44. The van der Waals surface area contributed by atoms with Gasteiger partial charge in [0, 0.05) is 29.7 Å². The van der Waals surface area contributed by atoms with Crippen LogP contribution < -0.4 is 5.32 Å². The highest BCUT2D eigenvalue weighted by Gasteiger charge is 2.28. The average molecular weight is 312 g/mol. The van der Waals surface area contributed by atoms with Crippen molar-refractivity contribution in [2.45, 2.75) is 45.6 Å². The summed E-state index contributed by atoms with van der Waals surface area (Å²) in [7, 11) is 1.93. The van der Waals surface area contributed by atoms with Gasteiger partial charge in [0.2, 0.25) is 0 Å². The van der Waals surface area contributed by atoms with E-state index < -0.39 is 11.7 Å². The van der Waals surface area contributed by atoms with Crippen molar-refractivity contribution in [2.75, 3.05) is 0 Å². The number of aryl methyl sites for hydroxylation is 1. The number of carbonyl (C=O) groups excluding carboxylic acids is 2. The summed E-state index contributed by atoms with van der Waals surface area (Å²) < 4.78 is 1.97. The largest absolute Gasteiger partial charge is 0.347 e. The van der Waals surface area contributed by atoms with Crippen molar-refractivity contribution < 1.29 is 9.59 Å². The van der Waals surface area contributed by atoms with Crippen LogP contribution in [0.5, 0.6) is 0 Å². The summed E-state index contributed by atoms with van der Waals surface area (Å²) >= 11 is 0. The Kier molecular flexibility index (Phi) is 4.24. The Hall–Kier alpha value is -2.10. The Balaban J connectivity index is 1.88. The normalized spacial score (nSPS) is 21.3. The molecule has 0 bridgehead atoms. The van der Waals surface area contributed by atoms with Gasteiger partial charge in [-0.15, -0.1) is 0 Å². The van der Waals surface area contributed by atoms with E-state index in [1.165, 1.54) is 6.42 Å². The first kappa shape index (κ1) is 15.8. The summed E-state index contributed by atoms with van der Waals surface area (Å²) in [6, 6.07) is 7.85. The highest BCUT2D eigenvalue weighted by molar-refractivity contribution is 6.45. The minimum atomic E-state index is -0.469. The van der Waals surface area contributed by atoms with E-state index >= 15 is 0 Å². The number of nitrogens with zero attached hydrogens (tertiary/aromatic N) is 1. The van der Waals surface area contributed by atoms with E-state index in [9.17, 15) is 9.59 Å². The zero-order valence-corrected chi connectivity index (χ0v) is 14.1. The molecule has 1 saturated carbocycles. The fourth-order valence-electron chi connectivity index (χ4n) is 3.69. The molecule has 1 aromatic heterocycles. The Morgan fingerprint density at radius 1 is 1.17 bits per heavy atom. The molecule has 1 aromatic carbocycles. The molecular formula is C19H24N2O2. The third-order valence-electron chi connectivity index (χ3n) is 5.26. The van der Waals surface area contributed by atoms with Crippen LogP contribution >= 0.6 is 0 Å². The van der Waals surface area contributed by atoms with Crippen LogP contribution in [0.2, 0.25) is 0 Å². The van der Waals surface area contributed by atoms with Gasteiger partial charge < -0.3 is 9.88 Å². The maximum absolute atomic E-state index is 12.7. The maximum atomic E-state index is 12.7. The molecule has 122 valence electrons. The number of hydrogen-bond acceptors (Lipinski definition) is 2. The summed E-state index contributed by atoms with van der Waals surface area (Å²) in [4.78, 5) is 25.2. The minimum Gasteiger partial charge on any atom is -0.347 e. The molecule has 1 aliphatic carbocycles. The molecule has 0 unspecified atom stereocenters. The van der Waals surface area contributed by atoms with Crippen LogP contribution in [0.15, 0.2) is 24.3 Å². The van der Waals surface area contributed by atoms with Crippen LogP contribution in [0.4, 0.5) is 0 Å². The van der Waals surface area contributed by atoms with Crippen molar-refractivity contribution in [3.8, 4) is 0 Å². The zero-order chi connectivity index (χ0) is 16.6. The summed E-state index contributed by atoms with van der Waals surface area (Å²) in [6.07, 6.45) is 4.42. The number of amides is 1. The lowest BCUT2D eigenvalue weighted by atomic mass is 9.86. The summed E-state index contributed by atoms with van der Waals surface area (Å²) in [5.74, 6) is -0.450. The maximum Gasteiger partial charge on any atom is 0.292 e. The van der Waals surface area contributed by atoms with E-state index in [-0.39, 0.29) is 6.04 Å². The predicted octanol–water partition coefficient (Wildman–Crippen LogP) is 3.36. The van der Waals surface area contributed by atoms with Gasteiger partial charge in [-0.3, -0.25) is 9.59 Å². The molecule has 2 aromatic rings. The topological polar surface area (TPSA) is 51.1 Å². The first-order chi connectivity index (χ1) is 11.0. The Labute approximate surface area is 136 Å². The van der Waals surface area contributed by atoms with E-state index in [2.05, 4.69) is 12.2 Å². The number of hydrogen-bond donors (Lipinski definition) is 1. The van der Waals surface area contributed by atoms with E-state index in [4.69, 9.17) is 0 Å². The van der Waals surface area contributed by atoms with Crippen LogP contribution in [0.1, 0.15) is 48.7 Å². The van der Waals surface area contributed by atoms with Gasteiger partial charge in [0.25, 0.3) is 11.7 Å². The first-order valence-electron chi connectivity index (χ1n) is 8.40. The molecule has 4 heteroatoms. The fraction of sp³-hybridized carbons (Fsp3) is 0.474. The number of aromatic nitrogens is 1. The second-order valence-electron chi connectivity index (χ2n) is 6.71. The van der Waals surface area contributed by atoms with E-state index in [1.54, 1.807) is 0 Å². The van der Waals surface area contributed by atoms with Gasteiger partial charge in [-0.1, -0.05) is 38.0 Å². The van der Waals surface area contributed by atoms with Gasteiger partial charge in [-0.25, -0.2) is 0 Å². The van der Waals surface area contributed by atoms with Crippen molar-refractivity contribution >= 4 is 22.6 Å². The van der Waals surface area contributed by atoms with Crippen LogP contribution in [0.3, 0.4) is 0 Å². The molecule has 0 spiro atoms. The molecule has 1 N–H and O–H groups in total. The molecule has 1 fully saturated rings. The van der Waals surface area contributed by atoms with Crippen LogP contribution in [0, 0.1) is 12.8 Å². The highest BCUT2D eigenvalue weighted by Crippen LogP contribution is 2.26. The lowest BCUT2D eigenvalue weighted by Gasteiger charge is -2.29. The SMILES string of the molecule is Cc1c(C(=O)C(=O)N[C@H]2CCCC[C@@H]2C)c2ccccc2n1C. The number of benzene rings is 1. The van der Waals surface area contributed by atoms with Crippen molar-refractivity contribution in [1.82, 2.24) is 9.88 Å². The minimum absolute atomic E-state index is 0.121. The van der Waals surface area contributed by atoms with Crippen molar-refractivity contribution in [2.24, 2.45) is 13.0 Å². The van der Waals surface area contributed by atoms with Gasteiger partial charge in [-0.05, 0) is 31.7 Å². The van der Waals surface area contributed by atoms with Gasteiger partial charge in [0.1, 0.15) is 0 Å². The molecule has 3 rings (SSSR count). The van der Waals surface area contributed by atoms with E-state index in [0.29, 0.717) is 11.5 Å². The molecule has 0 saturated heterocycles. The number of carbonyl (C=O) groups is 2. The van der Waals surface area contributed by atoms with Gasteiger partial charge in [0.05, 0.1) is 5.56 Å². The number of para-hydroxylation sites is 1. The Morgan fingerprint density at radius 3 is 2.61 bits per heavy atom. The number of fused-ring (bicyclic) bond motifs is 1. The van der Waals surface area contributed by atoms with Gasteiger partial charge in [-0.2, -0.15) is 0 Å². The van der Waals surface area contributed by atoms with Crippen molar-refractivity contribution in [1.29, 1.82) is 0 Å². The third-order valence-corrected chi connectivity index (χ3v) is 5.26. The molecule has 1 heterocycles. The highest BCUT2D eigenvalue weighted by atomic mass is 16.2. The monoisotopic (exact) mass is 312 g/mol. The van der Waals surface area contributed by atoms with Crippen molar-refractivity contribution in [3.63, 3.8) is 0 Å². The van der Waals surface area contributed by atoms with E-state index in [0.717, 1.165) is 35.9 Å². The Morgan fingerprint density at radius 2 is 1.87 bits per heavy atom. The van der Waals surface area contributed by atoms with Crippen molar-refractivity contribution in [3.05, 3.63) is 35.5 Å². The summed E-state index contributed by atoms with van der Waals surface area (Å²) in [5, 5.41) is 3.82. The molecule has 1 amide bonds. The first-order valence-corrected chi connectivity index (χ1v) is 8.40. The fourth-order valence-corrected chi connectivity index (χ4v) is 3.69. The molecule has 1 aliphatic rings. The van der Waals surface area contributed by atoms with Gasteiger partial charge >= 0.3 is 0 Å². The van der Waals surface area contributed by atoms with Gasteiger partial charge in [0.15, 0.2) is 0 Å². The predicted molar refractivity (Wildman–Crippen MR) is 91.5 cm³/mol. The molecule has 2 atom stereocenters. The number of nitrogens with one attached hydrogen (secondary N) is 1. The van der Waals surface area contributed by atoms with Crippen LogP contribution in [-0.4, -0.2) is 22.3 Å². The summed E-state index contributed by atoms with van der Waals surface area (Å²) in [6.45, 7) is 4.04. The molecule has 0 aliphatic heterocycles. The standard InChI is InChI=1S/C19H24N2O2/c1-12-8-4-6-10-15(12)20-19(23)18(22)17-13(2)21(3)16-11-7-5-9-14(16)17/h5,7,9,11-12,15H,4,6,8,10H2,1-3H3,(H,20,23)/t12-,15-/m0/s1. The number of Topliss-reactive ketones (excluding diaryl/α,β-unsaturated/α-hetero) is 1. The average Bonchev–Trinajstić information content (AvgIpc) is 2.81. The van der Waals surface area contributed by atoms with Crippen LogP contribution in [0.25, 0.3) is 10.9 Å². The molecule has 4 nitrogen and oxygen atoms in total. The third kappa shape index (κ3) is 2.78. The number of ketones is 1. The summed E-state index contributed by atoms with van der Waals surface area (Å²) in [5.41, 5.74) is 2.35.